The molecule has 7 heteroatoms. The van der Waals surface area contributed by atoms with Gasteiger partial charge in [-0.25, -0.2) is 4.67 Å². The molecule has 0 spiro atoms. The highest BCUT2D eigenvalue weighted by Crippen LogP contribution is 2.64. The monoisotopic (exact) mass is 485 g/mol. The van der Waals surface area contributed by atoms with Crippen molar-refractivity contribution < 1.29 is 17.7 Å². The van der Waals surface area contributed by atoms with Crippen LogP contribution in [0, 0.1) is 0 Å². The Kier molecular flexibility index (Phi) is 6.30. The molecule has 0 aromatic heterocycles. The zero-order chi connectivity index (χ0) is 23.9. The number of nitrogens with zero attached hydrogens (tertiary/aromatic N) is 1. The van der Waals surface area contributed by atoms with E-state index in [1.807, 2.05) is 65.3 Å². The van der Waals surface area contributed by atoms with Gasteiger partial charge in [0.1, 0.15) is 0 Å². The third kappa shape index (κ3) is 4.93. The summed E-state index contributed by atoms with van der Waals surface area (Å²) in [5.41, 5.74) is 2.27. The van der Waals surface area contributed by atoms with Crippen LogP contribution in [0.5, 0.6) is 0 Å². The fraction of sp³-hybridized carbons (Fsp3) is 0.231. The summed E-state index contributed by atoms with van der Waals surface area (Å²) in [6.07, 6.45) is -2.28. The van der Waals surface area contributed by atoms with E-state index < -0.39 is 27.1 Å². The summed E-state index contributed by atoms with van der Waals surface area (Å²) in [5, 5.41) is 1.44. The number of alkyl halides is 3. The van der Waals surface area contributed by atoms with Crippen molar-refractivity contribution >= 4 is 26.0 Å². The highest BCUT2D eigenvalue weighted by molar-refractivity contribution is 7.76. The van der Waals surface area contributed by atoms with Crippen LogP contribution in [0.1, 0.15) is 17.2 Å². The van der Waals surface area contributed by atoms with Crippen molar-refractivity contribution in [3.63, 3.8) is 0 Å². The van der Waals surface area contributed by atoms with E-state index in [1.165, 1.54) is 12.1 Å². The molecule has 0 radical (unpaired) electrons. The van der Waals surface area contributed by atoms with Crippen LogP contribution < -0.4 is 10.6 Å². The minimum Gasteiger partial charge on any atom is -0.296 e. The van der Waals surface area contributed by atoms with Gasteiger partial charge in [0.05, 0.1) is 25.7 Å². The van der Waals surface area contributed by atoms with E-state index in [1.54, 1.807) is 0 Å². The molecule has 0 N–H and O–H groups in total. The topological polar surface area (TPSA) is 20.1 Å². The van der Waals surface area contributed by atoms with Crippen molar-refractivity contribution in [2.75, 3.05) is 0 Å². The Balaban J connectivity index is 1.82. The standard InChI is InChI=1S/C26H27F3NOPSi/c1-33(2,3)19-18-24-25(20-14-16-21(17-15-20)26(27,28)29)30(24)32(31,22-10-6-4-7-11-22)23-12-8-5-9-13-23/h4-19,24-25H,1-3H3/b19-18+/t24-,25-,30?/m0/s1. The number of hydrogen-bond donors (Lipinski definition) is 0. The van der Waals surface area contributed by atoms with E-state index >= 15 is 0 Å². The van der Waals surface area contributed by atoms with E-state index in [0.717, 1.165) is 28.3 Å². The maximum Gasteiger partial charge on any atom is 0.416 e. The van der Waals surface area contributed by atoms with Crippen LogP contribution in [0.15, 0.2) is 96.7 Å². The van der Waals surface area contributed by atoms with Crippen molar-refractivity contribution in [2.45, 2.75) is 37.9 Å². The van der Waals surface area contributed by atoms with Gasteiger partial charge in [-0.15, -0.1) is 0 Å². The van der Waals surface area contributed by atoms with E-state index in [-0.39, 0.29) is 12.1 Å². The summed E-state index contributed by atoms with van der Waals surface area (Å²) in [6, 6.07) is 23.6. The normalized spacial score (nSPS) is 21.3. The summed E-state index contributed by atoms with van der Waals surface area (Å²) < 4.78 is 56.2. The summed E-state index contributed by atoms with van der Waals surface area (Å²) >= 11 is 0. The first-order chi connectivity index (χ1) is 15.5. The van der Waals surface area contributed by atoms with Crippen LogP contribution in [0.3, 0.4) is 0 Å². The van der Waals surface area contributed by atoms with Gasteiger partial charge in [0, 0.05) is 10.6 Å². The fourth-order valence-electron chi connectivity index (χ4n) is 4.08. The molecule has 172 valence electrons. The SMILES string of the molecule is C[Si](C)(C)/C=C/[C@H]1[C@H](c2ccc(C(F)(F)F)cc2)N1P(=O)(c1ccccc1)c1ccccc1. The van der Waals surface area contributed by atoms with Crippen LogP contribution in [-0.4, -0.2) is 18.8 Å². The molecular weight excluding hydrogens is 458 g/mol. The quantitative estimate of drug-likeness (QED) is 0.218. The molecule has 1 fully saturated rings. The lowest BCUT2D eigenvalue weighted by Crippen LogP contribution is -2.22. The average molecular weight is 486 g/mol. The molecule has 1 unspecified atom stereocenters. The maximum atomic E-state index is 14.8. The van der Waals surface area contributed by atoms with Crippen LogP contribution in [0.2, 0.25) is 19.6 Å². The van der Waals surface area contributed by atoms with Crippen LogP contribution >= 0.6 is 7.29 Å². The molecule has 1 aliphatic heterocycles. The van der Waals surface area contributed by atoms with Crippen LogP contribution in [0.25, 0.3) is 0 Å². The van der Waals surface area contributed by atoms with Crippen molar-refractivity contribution in [1.29, 1.82) is 0 Å². The molecule has 0 amide bonds. The predicted molar refractivity (Wildman–Crippen MR) is 132 cm³/mol. The van der Waals surface area contributed by atoms with Crippen molar-refractivity contribution in [1.82, 2.24) is 4.67 Å². The molecule has 1 aliphatic rings. The predicted octanol–water partition coefficient (Wildman–Crippen LogP) is 6.79. The van der Waals surface area contributed by atoms with Crippen molar-refractivity contribution in [2.24, 2.45) is 0 Å². The van der Waals surface area contributed by atoms with Crippen molar-refractivity contribution in [3.8, 4) is 0 Å². The second-order valence-corrected chi connectivity index (χ2v) is 17.1. The smallest absolute Gasteiger partial charge is 0.296 e. The molecule has 4 rings (SSSR count). The van der Waals surface area contributed by atoms with E-state index in [4.69, 9.17) is 0 Å². The zero-order valence-electron chi connectivity index (χ0n) is 18.8. The highest BCUT2D eigenvalue weighted by atomic mass is 31.2. The molecule has 0 saturated carbocycles. The highest BCUT2D eigenvalue weighted by Gasteiger charge is 2.57. The molecule has 1 heterocycles. The fourth-order valence-corrected chi connectivity index (χ4v) is 7.97. The van der Waals surface area contributed by atoms with Gasteiger partial charge in [0.25, 0.3) is 0 Å². The molecular formula is C26H27F3NOPSi. The van der Waals surface area contributed by atoms with E-state index in [9.17, 15) is 17.7 Å². The van der Waals surface area contributed by atoms with Crippen molar-refractivity contribution in [3.05, 3.63) is 108 Å². The van der Waals surface area contributed by atoms with Crippen LogP contribution in [-0.2, 0) is 10.7 Å². The molecule has 33 heavy (non-hydrogen) atoms. The first kappa shape index (κ1) is 23.7. The van der Waals surface area contributed by atoms with Gasteiger partial charge >= 0.3 is 6.18 Å². The lowest BCUT2D eigenvalue weighted by Gasteiger charge is -2.22. The Hall–Kier alpha value is -2.40. The molecule has 1 saturated heterocycles. The molecule has 3 aromatic carbocycles. The second kappa shape index (κ2) is 8.75. The zero-order valence-corrected chi connectivity index (χ0v) is 20.7. The molecule has 3 aromatic rings. The van der Waals surface area contributed by atoms with Crippen LogP contribution in [0.4, 0.5) is 13.2 Å². The Bertz CT molecular complexity index is 1130. The summed E-state index contributed by atoms with van der Waals surface area (Å²) in [6.45, 7) is 6.66. The maximum absolute atomic E-state index is 14.8. The first-order valence-corrected chi connectivity index (χ1v) is 16.1. The minimum atomic E-state index is -4.39. The molecule has 0 bridgehead atoms. The number of hydrogen-bond acceptors (Lipinski definition) is 1. The Morgan fingerprint density at radius 1 is 0.818 bits per heavy atom. The first-order valence-electron chi connectivity index (χ1n) is 10.9. The molecule has 2 nitrogen and oxygen atoms in total. The number of benzene rings is 3. The van der Waals surface area contributed by atoms with Gasteiger partial charge in [-0.2, -0.15) is 13.2 Å². The van der Waals surface area contributed by atoms with Gasteiger partial charge in [0.15, 0.2) is 0 Å². The largest absolute Gasteiger partial charge is 0.416 e. The van der Waals surface area contributed by atoms with Gasteiger partial charge in [-0.05, 0) is 42.0 Å². The lowest BCUT2D eigenvalue weighted by atomic mass is 10.1. The number of rotatable bonds is 6. The minimum absolute atomic E-state index is 0.153. The summed E-state index contributed by atoms with van der Waals surface area (Å²) in [5.74, 6) is 0. The number of halogens is 3. The van der Waals surface area contributed by atoms with E-state index in [2.05, 4.69) is 31.4 Å². The van der Waals surface area contributed by atoms with Gasteiger partial charge in [-0.1, -0.05) is 79.9 Å². The Morgan fingerprint density at radius 2 is 1.30 bits per heavy atom. The third-order valence-corrected chi connectivity index (χ3v) is 10.1. The average Bonchev–Trinajstić information content (AvgIpc) is 3.52. The summed E-state index contributed by atoms with van der Waals surface area (Å²) in [4.78, 5) is 0. The lowest BCUT2D eigenvalue weighted by molar-refractivity contribution is -0.137. The summed E-state index contributed by atoms with van der Waals surface area (Å²) in [7, 11) is -4.75. The Labute approximate surface area is 194 Å². The molecule has 0 aliphatic carbocycles. The third-order valence-electron chi connectivity index (χ3n) is 5.73. The van der Waals surface area contributed by atoms with E-state index in [0.29, 0.717) is 0 Å². The second-order valence-electron chi connectivity index (χ2n) is 9.41. The Morgan fingerprint density at radius 3 is 1.73 bits per heavy atom. The van der Waals surface area contributed by atoms with Gasteiger partial charge in [-0.3, -0.25) is 4.57 Å². The van der Waals surface area contributed by atoms with Gasteiger partial charge in [0.2, 0.25) is 7.29 Å². The molecule has 3 atom stereocenters. The van der Waals surface area contributed by atoms with Gasteiger partial charge < -0.3 is 0 Å².